The molecule has 27 heavy (non-hydrogen) atoms. The Morgan fingerprint density at radius 3 is 2.52 bits per heavy atom. The molecule has 1 amide bonds. The summed E-state index contributed by atoms with van der Waals surface area (Å²) in [6, 6.07) is 10.0. The molecule has 0 radical (unpaired) electrons. The van der Waals surface area contributed by atoms with Gasteiger partial charge in [-0.25, -0.2) is 0 Å². The second-order valence-corrected chi connectivity index (χ2v) is 8.48. The Morgan fingerprint density at radius 1 is 1.26 bits per heavy atom. The number of rotatable bonds is 6. The average molecular weight is 388 g/mol. The fourth-order valence-corrected chi connectivity index (χ4v) is 4.29. The molecule has 1 aliphatic heterocycles. The van der Waals surface area contributed by atoms with E-state index in [0.29, 0.717) is 22.2 Å². The maximum absolute atomic E-state index is 12.3. The van der Waals surface area contributed by atoms with E-state index in [1.165, 1.54) is 28.5 Å². The smallest absolute Gasteiger partial charge is 0.283 e. The van der Waals surface area contributed by atoms with Crippen molar-refractivity contribution in [2.24, 2.45) is 5.92 Å². The van der Waals surface area contributed by atoms with Gasteiger partial charge in [0.1, 0.15) is 0 Å². The van der Waals surface area contributed by atoms with E-state index in [-0.39, 0.29) is 11.6 Å². The standard InChI is InChI=1S/C20H25N3O3S/c1-14-3-5-17(6-4-14)13-22-9-7-16(8-10-22)12-21-20(24)19-11-18(23(25)26)15(2)27-19/h3-6,11,16H,7-10,12-13H2,1-2H3,(H,21,24). The quantitative estimate of drug-likeness (QED) is 0.602. The van der Waals surface area contributed by atoms with Crippen molar-refractivity contribution < 1.29 is 9.72 Å². The minimum absolute atomic E-state index is 0.0227. The molecule has 6 nitrogen and oxygen atoms in total. The molecule has 0 saturated carbocycles. The summed E-state index contributed by atoms with van der Waals surface area (Å²) in [5, 5.41) is 13.9. The number of carbonyl (C=O) groups excluding carboxylic acids is 1. The van der Waals surface area contributed by atoms with Gasteiger partial charge in [0.25, 0.3) is 11.6 Å². The van der Waals surface area contributed by atoms with E-state index in [0.717, 1.165) is 32.5 Å². The summed E-state index contributed by atoms with van der Waals surface area (Å²) in [4.78, 5) is 26.2. The number of carbonyl (C=O) groups is 1. The van der Waals surface area contributed by atoms with Crippen LogP contribution < -0.4 is 5.32 Å². The normalized spacial score (nSPS) is 15.6. The first-order chi connectivity index (χ1) is 12.9. The fourth-order valence-electron chi connectivity index (χ4n) is 3.39. The molecule has 0 bridgehead atoms. The van der Waals surface area contributed by atoms with Crippen molar-refractivity contribution in [2.75, 3.05) is 19.6 Å². The van der Waals surface area contributed by atoms with E-state index in [4.69, 9.17) is 0 Å². The number of nitrogens with zero attached hydrogens (tertiary/aromatic N) is 2. The summed E-state index contributed by atoms with van der Waals surface area (Å²) in [6.45, 7) is 7.41. The number of benzene rings is 1. The molecule has 0 aliphatic carbocycles. The van der Waals surface area contributed by atoms with E-state index >= 15 is 0 Å². The second kappa shape index (κ2) is 8.63. The maximum atomic E-state index is 12.3. The molecule has 3 rings (SSSR count). The monoisotopic (exact) mass is 387 g/mol. The molecule has 0 atom stereocenters. The van der Waals surface area contributed by atoms with Gasteiger partial charge in [0.2, 0.25) is 0 Å². The second-order valence-electron chi connectivity index (χ2n) is 7.22. The van der Waals surface area contributed by atoms with E-state index < -0.39 is 4.92 Å². The van der Waals surface area contributed by atoms with Gasteiger partial charge in [0.05, 0.1) is 14.7 Å². The van der Waals surface area contributed by atoms with Crippen LogP contribution in [-0.4, -0.2) is 35.4 Å². The lowest BCUT2D eigenvalue weighted by Crippen LogP contribution is -2.38. The van der Waals surface area contributed by atoms with Crippen LogP contribution in [0.15, 0.2) is 30.3 Å². The molecule has 1 N–H and O–H groups in total. The topological polar surface area (TPSA) is 75.5 Å². The first kappa shape index (κ1) is 19.5. The van der Waals surface area contributed by atoms with Crippen LogP contribution >= 0.6 is 11.3 Å². The third-order valence-electron chi connectivity index (χ3n) is 5.10. The van der Waals surface area contributed by atoms with E-state index in [1.54, 1.807) is 6.92 Å². The highest BCUT2D eigenvalue weighted by atomic mass is 32.1. The zero-order valence-electron chi connectivity index (χ0n) is 15.7. The summed E-state index contributed by atoms with van der Waals surface area (Å²) in [5.41, 5.74) is 2.64. The third kappa shape index (κ3) is 5.14. The fraction of sp³-hybridized carbons (Fsp3) is 0.450. The summed E-state index contributed by atoms with van der Waals surface area (Å²) in [5.74, 6) is 0.248. The Kier molecular flexibility index (Phi) is 6.23. The summed E-state index contributed by atoms with van der Waals surface area (Å²) < 4.78 is 0. The number of nitrogens with one attached hydrogen (secondary N) is 1. The Morgan fingerprint density at radius 2 is 1.93 bits per heavy atom. The van der Waals surface area contributed by atoms with Crippen LogP contribution in [0, 0.1) is 29.9 Å². The molecule has 1 fully saturated rings. The zero-order chi connectivity index (χ0) is 19.4. The van der Waals surface area contributed by atoms with Crippen LogP contribution in [0.3, 0.4) is 0 Å². The van der Waals surface area contributed by atoms with E-state index in [1.807, 2.05) is 0 Å². The molecule has 0 unspecified atom stereocenters. The lowest BCUT2D eigenvalue weighted by Gasteiger charge is -2.32. The number of hydrogen-bond acceptors (Lipinski definition) is 5. The lowest BCUT2D eigenvalue weighted by atomic mass is 9.96. The van der Waals surface area contributed by atoms with Crippen molar-refractivity contribution >= 4 is 22.9 Å². The number of likely N-dealkylation sites (tertiary alicyclic amines) is 1. The first-order valence-electron chi connectivity index (χ1n) is 9.23. The molecule has 1 aromatic heterocycles. The Bertz CT molecular complexity index is 808. The van der Waals surface area contributed by atoms with E-state index in [2.05, 4.69) is 41.4 Å². The minimum atomic E-state index is -0.438. The molecule has 0 spiro atoms. The highest BCUT2D eigenvalue weighted by molar-refractivity contribution is 7.14. The Balaban J connectivity index is 1.44. The van der Waals surface area contributed by atoms with Crippen molar-refractivity contribution in [2.45, 2.75) is 33.2 Å². The van der Waals surface area contributed by atoms with Crippen molar-refractivity contribution in [1.29, 1.82) is 0 Å². The molecular formula is C20H25N3O3S. The van der Waals surface area contributed by atoms with Gasteiger partial charge in [0, 0.05) is 19.2 Å². The molecule has 144 valence electrons. The van der Waals surface area contributed by atoms with Gasteiger partial charge in [-0.3, -0.25) is 19.8 Å². The molecule has 7 heteroatoms. The number of piperidine rings is 1. The Hall–Kier alpha value is -2.25. The van der Waals surface area contributed by atoms with Gasteiger partial charge in [0.15, 0.2) is 0 Å². The number of amides is 1. The highest BCUT2D eigenvalue weighted by Gasteiger charge is 2.22. The third-order valence-corrected chi connectivity index (χ3v) is 6.14. The first-order valence-corrected chi connectivity index (χ1v) is 10.0. The van der Waals surface area contributed by atoms with Gasteiger partial charge in [-0.15, -0.1) is 11.3 Å². The average Bonchev–Trinajstić information content (AvgIpc) is 3.05. The highest BCUT2D eigenvalue weighted by Crippen LogP contribution is 2.28. The predicted octanol–water partition coefficient (Wildman–Crippen LogP) is 3.92. The Labute approximate surface area is 163 Å². The molecule has 1 aliphatic rings. The number of thiophene rings is 1. The number of aryl methyl sites for hydroxylation is 2. The van der Waals surface area contributed by atoms with Crippen LogP contribution in [0.5, 0.6) is 0 Å². The molecule has 2 heterocycles. The molecule has 2 aromatic rings. The van der Waals surface area contributed by atoms with Crippen LogP contribution in [0.1, 0.15) is 38.5 Å². The zero-order valence-corrected chi connectivity index (χ0v) is 16.6. The summed E-state index contributed by atoms with van der Waals surface area (Å²) in [6.07, 6.45) is 2.10. The van der Waals surface area contributed by atoms with Crippen LogP contribution in [-0.2, 0) is 6.54 Å². The van der Waals surface area contributed by atoms with E-state index in [9.17, 15) is 14.9 Å². The predicted molar refractivity (Wildman–Crippen MR) is 107 cm³/mol. The summed E-state index contributed by atoms with van der Waals surface area (Å²) in [7, 11) is 0. The molecule has 1 saturated heterocycles. The largest absolute Gasteiger partial charge is 0.351 e. The SMILES string of the molecule is Cc1ccc(CN2CCC(CNC(=O)c3cc([N+](=O)[O-])c(C)s3)CC2)cc1. The van der Waals surface area contributed by atoms with Gasteiger partial charge in [-0.2, -0.15) is 0 Å². The number of nitro groups is 1. The van der Waals surface area contributed by atoms with Crippen LogP contribution in [0.25, 0.3) is 0 Å². The lowest BCUT2D eigenvalue weighted by molar-refractivity contribution is -0.385. The van der Waals surface area contributed by atoms with Crippen molar-refractivity contribution in [3.8, 4) is 0 Å². The minimum Gasteiger partial charge on any atom is -0.351 e. The van der Waals surface area contributed by atoms with Gasteiger partial charge in [-0.1, -0.05) is 29.8 Å². The van der Waals surface area contributed by atoms with Crippen molar-refractivity contribution in [1.82, 2.24) is 10.2 Å². The van der Waals surface area contributed by atoms with Gasteiger partial charge >= 0.3 is 0 Å². The van der Waals surface area contributed by atoms with Crippen molar-refractivity contribution in [3.63, 3.8) is 0 Å². The van der Waals surface area contributed by atoms with Gasteiger partial charge in [-0.05, 0) is 51.3 Å². The van der Waals surface area contributed by atoms with Gasteiger partial charge < -0.3 is 5.32 Å². The molecular weight excluding hydrogens is 362 g/mol. The summed E-state index contributed by atoms with van der Waals surface area (Å²) >= 11 is 1.18. The maximum Gasteiger partial charge on any atom is 0.283 e. The van der Waals surface area contributed by atoms with Crippen LogP contribution in [0.2, 0.25) is 0 Å². The number of hydrogen-bond donors (Lipinski definition) is 1. The molecule has 1 aromatic carbocycles. The van der Waals surface area contributed by atoms with Crippen LogP contribution in [0.4, 0.5) is 5.69 Å². The van der Waals surface area contributed by atoms with Crippen molar-refractivity contribution in [3.05, 3.63) is 61.3 Å².